The van der Waals surface area contributed by atoms with Crippen LogP contribution < -0.4 is 13.6 Å². The number of fused-ring (bicyclic) bond motifs is 1. The summed E-state index contributed by atoms with van der Waals surface area (Å²) in [6.45, 7) is 8.33. The summed E-state index contributed by atoms with van der Waals surface area (Å²) in [6, 6.07) is 5.73. The molecule has 0 amide bonds. The molecule has 1 spiro atoms. The molecule has 2 aliphatic heterocycles. The second kappa shape index (κ2) is 6.93. The molecule has 0 unspecified atom stereocenters. The van der Waals surface area contributed by atoms with Gasteiger partial charge in [0, 0.05) is 0 Å². The molecule has 2 aliphatic rings. The Kier molecular flexibility index (Phi) is 5.16. The van der Waals surface area contributed by atoms with E-state index >= 15 is 0 Å². The second-order valence-corrected chi connectivity index (χ2v) is 11.9. The van der Waals surface area contributed by atoms with Crippen LogP contribution in [-0.2, 0) is 9.05 Å². The minimum absolute atomic E-state index is 0.0414. The van der Waals surface area contributed by atoms with E-state index in [-0.39, 0.29) is 50.2 Å². The van der Waals surface area contributed by atoms with Crippen LogP contribution in [0.2, 0.25) is 20.1 Å². The van der Waals surface area contributed by atoms with E-state index in [1.165, 1.54) is 0 Å². The van der Waals surface area contributed by atoms with Crippen molar-refractivity contribution in [3.63, 3.8) is 0 Å². The molecule has 1 fully saturated rings. The normalized spacial score (nSPS) is 22.1. The Morgan fingerprint density at radius 3 is 1.72 bits per heavy atom. The summed E-state index contributed by atoms with van der Waals surface area (Å²) in [5.74, 6) is 0.687. The van der Waals surface area contributed by atoms with Crippen molar-refractivity contribution < 1.29 is 22.6 Å². The van der Waals surface area contributed by atoms with Crippen molar-refractivity contribution in [3.8, 4) is 17.2 Å². The molecule has 1 saturated heterocycles. The maximum absolute atomic E-state index is 6.38. The van der Waals surface area contributed by atoms with Crippen LogP contribution in [0.1, 0.15) is 25.0 Å². The first-order valence-corrected chi connectivity index (χ1v) is 12.1. The average Bonchev–Trinajstić information content (AvgIpc) is 3.02. The van der Waals surface area contributed by atoms with Crippen LogP contribution in [0.4, 0.5) is 0 Å². The third-order valence-electron chi connectivity index (χ3n) is 4.65. The van der Waals surface area contributed by atoms with Crippen LogP contribution in [0, 0.1) is 19.3 Å². The third kappa shape index (κ3) is 3.45. The molecule has 10 heteroatoms. The molecule has 158 valence electrons. The Balaban J connectivity index is 1.88. The van der Waals surface area contributed by atoms with Crippen molar-refractivity contribution in [1.82, 2.24) is 0 Å². The average molecular weight is 500 g/mol. The predicted molar refractivity (Wildman–Crippen MR) is 117 cm³/mol. The quantitative estimate of drug-likeness (QED) is 0.238. The first-order chi connectivity index (χ1) is 13.5. The maximum atomic E-state index is 6.38. The zero-order chi connectivity index (χ0) is 21.2. The predicted octanol–water partition coefficient (Wildman–Crippen LogP) is 7.97. The van der Waals surface area contributed by atoms with Gasteiger partial charge in [-0.15, -0.1) is 0 Å². The molecule has 0 bridgehead atoms. The van der Waals surface area contributed by atoms with Crippen LogP contribution >= 0.6 is 54.1 Å². The van der Waals surface area contributed by atoms with Crippen molar-refractivity contribution in [2.24, 2.45) is 5.41 Å². The van der Waals surface area contributed by atoms with Gasteiger partial charge in [-0.1, -0.05) is 0 Å². The van der Waals surface area contributed by atoms with Crippen molar-refractivity contribution in [2.45, 2.75) is 27.7 Å². The van der Waals surface area contributed by atoms with Gasteiger partial charge in [0.1, 0.15) is 0 Å². The minimum atomic E-state index is -4.66. The zero-order valence-corrected chi connectivity index (χ0v) is 20.1. The molecule has 0 radical (unpaired) electrons. The number of para-hydroxylation sites is 1. The first-order valence-electron chi connectivity index (χ1n) is 8.81. The van der Waals surface area contributed by atoms with Gasteiger partial charge in [0.2, 0.25) is 0 Å². The number of hydrogen-bond acceptors (Lipinski definition) is 5. The molecule has 0 N–H and O–H groups in total. The standard InChI is InChI=1S/C19H19Cl4O5P/c1-10-6-5-7-11(2)16(10)26-29(24-8-19(3,4)9-25-29)27-17-14(22)12(20)13(21)15(23)18(17)28-29/h5-7H,8-9H2,1-4H3. The van der Waals surface area contributed by atoms with Gasteiger partial charge in [0.05, 0.1) is 0 Å². The number of halogens is 4. The summed E-state index contributed by atoms with van der Waals surface area (Å²) < 4.78 is 31.0. The van der Waals surface area contributed by atoms with Gasteiger partial charge in [-0.3, -0.25) is 0 Å². The van der Waals surface area contributed by atoms with Crippen LogP contribution in [0.3, 0.4) is 0 Å². The molecule has 2 aromatic carbocycles. The van der Waals surface area contributed by atoms with Gasteiger partial charge in [0.15, 0.2) is 0 Å². The van der Waals surface area contributed by atoms with E-state index in [4.69, 9.17) is 69.0 Å². The van der Waals surface area contributed by atoms with Crippen molar-refractivity contribution in [3.05, 3.63) is 49.4 Å². The second-order valence-electron chi connectivity index (χ2n) is 7.87. The molecule has 0 atom stereocenters. The molecule has 5 nitrogen and oxygen atoms in total. The number of hydrogen-bond donors (Lipinski definition) is 0. The van der Waals surface area contributed by atoms with Gasteiger partial charge in [-0.05, 0) is 0 Å². The van der Waals surface area contributed by atoms with Gasteiger partial charge >= 0.3 is 190 Å². The Bertz CT molecular complexity index is 955. The number of aryl methyl sites for hydroxylation is 2. The third-order valence-corrected chi connectivity index (χ3v) is 8.96. The fourth-order valence-corrected chi connectivity index (χ4v) is 7.15. The Morgan fingerprint density at radius 2 is 1.28 bits per heavy atom. The van der Waals surface area contributed by atoms with Gasteiger partial charge in [-0.25, -0.2) is 0 Å². The van der Waals surface area contributed by atoms with Crippen LogP contribution in [0.25, 0.3) is 0 Å². The van der Waals surface area contributed by atoms with E-state index < -0.39 is 7.74 Å². The van der Waals surface area contributed by atoms with Crippen molar-refractivity contribution in [2.75, 3.05) is 13.2 Å². The number of benzene rings is 2. The molecule has 2 heterocycles. The molecule has 4 rings (SSSR count). The van der Waals surface area contributed by atoms with Crippen LogP contribution in [0.15, 0.2) is 18.2 Å². The molecule has 0 aromatic heterocycles. The van der Waals surface area contributed by atoms with Crippen molar-refractivity contribution >= 4 is 54.1 Å². The summed E-state index contributed by atoms with van der Waals surface area (Å²) in [6.07, 6.45) is 0. The topological polar surface area (TPSA) is 46.2 Å². The molecule has 29 heavy (non-hydrogen) atoms. The monoisotopic (exact) mass is 498 g/mol. The number of rotatable bonds is 2. The first kappa shape index (κ1) is 21.6. The molecular weight excluding hydrogens is 481 g/mol. The van der Waals surface area contributed by atoms with Crippen LogP contribution in [0.5, 0.6) is 17.2 Å². The molecule has 2 aromatic rings. The van der Waals surface area contributed by atoms with Crippen molar-refractivity contribution in [1.29, 1.82) is 0 Å². The van der Waals surface area contributed by atoms with E-state index in [0.717, 1.165) is 11.1 Å². The zero-order valence-electron chi connectivity index (χ0n) is 16.1. The Labute approximate surface area is 189 Å². The summed E-state index contributed by atoms with van der Waals surface area (Å²) in [5.41, 5.74) is 1.44. The summed E-state index contributed by atoms with van der Waals surface area (Å²) >= 11 is 25.2. The van der Waals surface area contributed by atoms with Gasteiger partial charge in [0.25, 0.3) is 0 Å². The Morgan fingerprint density at radius 1 is 0.828 bits per heavy atom. The SMILES string of the molecule is Cc1cccc(C)c1OP12(OCC(C)(C)CO1)Oc1c(Cl)c(Cl)c(Cl)c(Cl)c1O2. The molecular formula is C19H19Cl4O5P. The Hall–Kier alpha value is -0.650. The van der Waals surface area contributed by atoms with Crippen LogP contribution in [-0.4, -0.2) is 13.2 Å². The fourth-order valence-electron chi connectivity index (χ4n) is 3.00. The molecule has 0 aliphatic carbocycles. The van der Waals surface area contributed by atoms with E-state index in [1.54, 1.807) is 0 Å². The van der Waals surface area contributed by atoms with E-state index in [2.05, 4.69) is 0 Å². The summed E-state index contributed by atoms with van der Waals surface area (Å²) in [7, 11) is -4.66. The van der Waals surface area contributed by atoms with E-state index in [9.17, 15) is 0 Å². The fraction of sp³-hybridized carbons (Fsp3) is 0.368. The van der Waals surface area contributed by atoms with Gasteiger partial charge < -0.3 is 0 Å². The van der Waals surface area contributed by atoms with E-state index in [0.29, 0.717) is 5.75 Å². The summed E-state index contributed by atoms with van der Waals surface area (Å²) in [5, 5.41) is 0.173. The summed E-state index contributed by atoms with van der Waals surface area (Å²) in [4.78, 5) is 0. The van der Waals surface area contributed by atoms with E-state index in [1.807, 2.05) is 45.9 Å². The molecule has 0 saturated carbocycles. The van der Waals surface area contributed by atoms with Gasteiger partial charge in [-0.2, -0.15) is 0 Å².